The Hall–Kier alpha value is 0.260. The fourth-order valence-corrected chi connectivity index (χ4v) is 2.55. The molecule has 0 aliphatic heterocycles. The topological polar surface area (TPSA) is 9.23 Å². The van der Waals surface area contributed by atoms with E-state index in [4.69, 9.17) is 4.52 Å². The molecule has 56 valence electrons. The third-order valence-electron chi connectivity index (χ3n) is 1.14. The lowest BCUT2D eigenvalue weighted by Gasteiger charge is -2.17. The van der Waals surface area contributed by atoms with Gasteiger partial charge in [-0.3, -0.25) is 0 Å². The van der Waals surface area contributed by atoms with E-state index in [9.17, 15) is 0 Å². The molecule has 0 aromatic heterocycles. The zero-order chi connectivity index (χ0) is 7.33. The van der Waals surface area contributed by atoms with Gasteiger partial charge in [0.25, 0.3) is 0 Å². The van der Waals surface area contributed by atoms with E-state index >= 15 is 0 Å². The maximum absolute atomic E-state index is 5.47. The molecular weight excluding hydrogens is 131 g/mol. The largest absolute Gasteiger partial charge is 0.363 e. The maximum Gasteiger partial charge on any atom is 0.0478 e. The molecule has 1 nitrogen and oxygen atoms in total. The Morgan fingerprint density at radius 1 is 1.44 bits per heavy atom. The van der Waals surface area contributed by atoms with Crippen molar-refractivity contribution in [1.82, 2.24) is 0 Å². The van der Waals surface area contributed by atoms with Crippen molar-refractivity contribution in [1.29, 1.82) is 0 Å². The van der Waals surface area contributed by atoms with Gasteiger partial charge in [0.1, 0.15) is 0 Å². The number of hydrogen-bond acceptors (Lipinski definition) is 1. The Balaban J connectivity index is 3.58. The van der Waals surface area contributed by atoms with Crippen molar-refractivity contribution in [2.24, 2.45) is 0 Å². The average Bonchev–Trinajstić information content (AvgIpc) is 1.64. The van der Waals surface area contributed by atoms with Crippen molar-refractivity contribution in [2.45, 2.75) is 20.3 Å². The molecule has 0 aliphatic carbocycles. The summed E-state index contributed by atoms with van der Waals surface area (Å²) in [5, 5.41) is 0. The second kappa shape index (κ2) is 4.14. The van der Waals surface area contributed by atoms with Crippen molar-refractivity contribution < 1.29 is 4.52 Å². The molecule has 2 heteroatoms. The predicted octanol–water partition coefficient (Wildman–Crippen LogP) is 2.43. The molecule has 0 radical (unpaired) electrons. The van der Waals surface area contributed by atoms with Crippen molar-refractivity contribution >= 4 is 13.4 Å². The Morgan fingerprint density at radius 3 is 2.33 bits per heavy atom. The molecule has 0 heterocycles. The first-order chi connectivity index (χ1) is 4.12. The zero-order valence-electron chi connectivity index (χ0n) is 6.68. The Labute approximate surface area is 58.5 Å². The Bertz CT molecular complexity index is 99.5. The van der Waals surface area contributed by atoms with Crippen molar-refractivity contribution in [3.63, 3.8) is 0 Å². The predicted molar refractivity (Wildman–Crippen MR) is 46.7 cm³/mol. The molecular formula is C7H17OP. The highest BCUT2D eigenvalue weighted by molar-refractivity contribution is 7.68. The van der Waals surface area contributed by atoms with Gasteiger partial charge in [0, 0.05) is 6.61 Å². The molecule has 0 aromatic carbocycles. The van der Waals surface area contributed by atoms with Gasteiger partial charge in [0.2, 0.25) is 0 Å². The lowest BCUT2D eigenvalue weighted by molar-refractivity contribution is 0.377. The molecule has 0 N–H and O–H groups in total. The van der Waals surface area contributed by atoms with Gasteiger partial charge >= 0.3 is 0 Å². The zero-order valence-corrected chi connectivity index (χ0v) is 7.58. The van der Waals surface area contributed by atoms with Gasteiger partial charge in [-0.15, -0.1) is 0 Å². The van der Waals surface area contributed by atoms with Crippen LogP contribution < -0.4 is 0 Å². The summed E-state index contributed by atoms with van der Waals surface area (Å²) in [7, 11) is -1.19. The molecule has 0 aromatic rings. The second-order valence-corrected chi connectivity index (χ2v) is 5.74. The molecule has 1 atom stereocenters. The number of hydrogen-bond donors (Lipinski definition) is 0. The fourth-order valence-electron chi connectivity index (χ4n) is 0.849. The lowest BCUT2D eigenvalue weighted by Crippen LogP contribution is -1.92. The van der Waals surface area contributed by atoms with Crippen LogP contribution in [-0.4, -0.2) is 25.7 Å². The standard InChI is InChI=1S/C7H17OP/c1-5-7-9(3,4)8-6-2/h3,5-7H2,1-2,4H3. The van der Waals surface area contributed by atoms with E-state index in [1.54, 1.807) is 0 Å². The van der Waals surface area contributed by atoms with Gasteiger partial charge in [-0.25, -0.2) is 0 Å². The van der Waals surface area contributed by atoms with Crippen LogP contribution in [0.3, 0.4) is 0 Å². The van der Waals surface area contributed by atoms with E-state index in [0.717, 1.165) is 12.8 Å². The summed E-state index contributed by atoms with van der Waals surface area (Å²) >= 11 is 0. The molecule has 0 bridgehead atoms. The van der Waals surface area contributed by atoms with Gasteiger partial charge in [-0.05, 0) is 26.9 Å². The molecule has 0 aliphatic rings. The second-order valence-electron chi connectivity index (χ2n) is 2.44. The van der Waals surface area contributed by atoms with Crippen molar-refractivity contribution in [2.75, 3.05) is 19.4 Å². The van der Waals surface area contributed by atoms with Crippen molar-refractivity contribution in [3.8, 4) is 0 Å². The van der Waals surface area contributed by atoms with Crippen LogP contribution in [0.2, 0.25) is 0 Å². The highest BCUT2D eigenvalue weighted by Gasteiger charge is 2.03. The fraction of sp³-hybridized carbons (Fsp3) is 0.857. The normalized spacial score (nSPS) is 17.2. The van der Waals surface area contributed by atoms with Gasteiger partial charge in [0.05, 0.1) is 0 Å². The van der Waals surface area contributed by atoms with Gasteiger partial charge in [-0.2, -0.15) is 0 Å². The van der Waals surface area contributed by atoms with Gasteiger partial charge < -0.3 is 4.52 Å². The Morgan fingerprint density at radius 2 is 2.00 bits per heavy atom. The minimum absolute atomic E-state index is 0.813. The van der Waals surface area contributed by atoms with Gasteiger partial charge in [0.15, 0.2) is 0 Å². The smallest absolute Gasteiger partial charge is 0.0478 e. The molecule has 1 unspecified atom stereocenters. The first-order valence-corrected chi connectivity index (χ1v) is 5.99. The Kier molecular flexibility index (Phi) is 4.26. The minimum Gasteiger partial charge on any atom is -0.363 e. The monoisotopic (exact) mass is 148 g/mol. The highest BCUT2D eigenvalue weighted by Crippen LogP contribution is 2.41. The summed E-state index contributed by atoms with van der Waals surface area (Å²) < 4.78 is 5.47. The summed E-state index contributed by atoms with van der Waals surface area (Å²) in [4.78, 5) is 0. The molecule has 0 saturated carbocycles. The van der Waals surface area contributed by atoms with Crippen LogP contribution in [0.25, 0.3) is 0 Å². The average molecular weight is 148 g/mol. The van der Waals surface area contributed by atoms with Crippen LogP contribution in [0.4, 0.5) is 0 Å². The molecule has 0 fully saturated rings. The SMILES string of the molecule is C=P(C)(CCC)OCC. The van der Waals surface area contributed by atoms with E-state index in [1.807, 2.05) is 6.92 Å². The summed E-state index contributed by atoms with van der Waals surface area (Å²) in [6, 6.07) is 0. The van der Waals surface area contributed by atoms with E-state index in [-0.39, 0.29) is 0 Å². The maximum atomic E-state index is 5.47. The molecule has 0 saturated heterocycles. The van der Waals surface area contributed by atoms with Crippen LogP contribution >= 0.6 is 7.11 Å². The van der Waals surface area contributed by atoms with E-state index in [0.29, 0.717) is 0 Å². The van der Waals surface area contributed by atoms with Crippen LogP contribution in [-0.2, 0) is 4.52 Å². The minimum atomic E-state index is -1.19. The lowest BCUT2D eigenvalue weighted by atomic mass is 10.6. The third-order valence-corrected chi connectivity index (χ3v) is 3.41. The molecule has 0 rings (SSSR count). The van der Waals surface area contributed by atoms with E-state index < -0.39 is 7.11 Å². The van der Waals surface area contributed by atoms with Crippen molar-refractivity contribution in [3.05, 3.63) is 0 Å². The molecule has 0 amide bonds. The summed E-state index contributed by atoms with van der Waals surface area (Å²) in [5.41, 5.74) is 0. The first kappa shape index (κ1) is 9.26. The number of rotatable bonds is 4. The van der Waals surface area contributed by atoms with Crippen LogP contribution in [0.5, 0.6) is 0 Å². The first-order valence-electron chi connectivity index (χ1n) is 3.47. The van der Waals surface area contributed by atoms with E-state index in [1.165, 1.54) is 6.42 Å². The molecule has 9 heavy (non-hydrogen) atoms. The van der Waals surface area contributed by atoms with E-state index in [2.05, 4.69) is 19.9 Å². The molecule has 0 spiro atoms. The van der Waals surface area contributed by atoms with Gasteiger partial charge in [-0.1, -0.05) is 19.6 Å². The summed E-state index contributed by atoms with van der Waals surface area (Å²) in [6.45, 7) is 7.15. The summed E-state index contributed by atoms with van der Waals surface area (Å²) in [6.07, 6.45) is 6.38. The highest BCUT2D eigenvalue weighted by atomic mass is 31.2. The van der Waals surface area contributed by atoms with Crippen LogP contribution in [0.15, 0.2) is 0 Å². The quantitative estimate of drug-likeness (QED) is 0.556. The summed E-state index contributed by atoms with van der Waals surface area (Å²) in [5.74, 6) is 0. The third kappa shape index (κ3) is 4.74. The van der Waals surface area contributed by atoms with Crippen LogP contribution in [0.1, 0.15) is 20.3 Å². The van der Waals surface area contributed by atoms with Crippen LogP contribution in [0, 0.1) is 0 Å².